The van der Waals surface area contributed by atoms with Crippen molar-refractivity contribution in [2.45, 2.75) is 45.3 Å². The first-order chi connectivity index (χ1) is 7.72. The molecule has 1 heterocycles. The van der Waals surface area contributed by atoms with Crippen LogP contribution in [-0.4, -0.2) is 14.9 Å². The summed E-state index contributed by atoms with van der Waals surface area (Å²) in [4.78, 5) is 0. The van der Waals surface area contributed by atoms with Gasteiger partial charge in [-0.25, -0.2) is 0 Å². The van der Waals surface area contributed by atoms with Crippen molar-refractivity contribution in [2.24, 2.45) is 0 Å². The Bertz CT molecular complexity index is 355. The van der Waals surface area contributed by atoms with Crippen LogP contribution in [-0.2, 0) is 10.8 Å². The number of hydrogen-bond donors (Lipinski definition) is 0. The summed E-state index contributed by atoms with van der Waals surface area (Å²) in [5.41, 5.74) is 1.15. The van der Waals surface area contributed by atoms with Crippen molar-refractivity contribution in [3.05, 3.63) is 35.3 Å². The van der Waals surface area contributed by atoms with Crippen molar-refractivity contribution in [3.8, 4) is 0 Å². The highest BCUT2D eigenvalue weighted by molar-refractivity contribution is 6.74. The minimum absolute atomic E-state index is 0.252. The van der Waals surface area contributed by atoms with Gasteiger partial charge in [0.15, 0.2) is 20.7 Å². The summed E-state index contributed by atoms with van der Waals surface area (Å²) in [7, 11) is -1.64. The van der Waals surface area contributed by atoms with Crippen LogP contribution in [0, 0.1) is 5.21 Å². The van der Waals surface area contributed by atoms with Crippen LogP contribution in [0.5, 0.6) is 0 Å². The SMILES string of the molecule is CC(C)(C)[Si](C)(C)OCCc1cc[n+]([O-])cc1. The van der Waals surface area contributed by atoms with Crippen molar-refractivity contribution in [1.29, 1.82) is 0 Å². The van der Waals surface area contributed by atoms with Crippen LogP contribution in [0.25, 0.3) is 0 Å². The van der Waals surface area contributed by atoms with Crippen molar-refractivity contribution in [2.75, 3.05) is 6.61 Å². The maximum atomic E-state index is 10.9. The minimum Gasteiger partial charge on any atom is -0.619 e. The fourth-order valence-corrected chi connectivity index (χ4v) is 2.30. The average molecular weight is 253 g/mol. The summed E-state index contributed by atoms with van der Waals surface area (Å²) < 4.78 is 6.89. The molecule has 0 N–H and O–H groups in total. The molecule has 0 saturated carbocycles. The molecule has 0 aliphatic heterocycles. The summed E-state index contributed by atoms with van der Waals surface area (Å²) in [6.45, 7) is 12.0. The van der Waals surface area contributed by atoms with Gasteiger partial charge in [-0.2, -0.15) is 4.73 Å². The van der Waals surface area contributed by atoms with E-state index < -0.39 is 8.32 Å². The summed E-state index contributed by atoms with van der Waals surface area (Å²) in [5.74, 6) is 0. The first-order valence-electron chi connectivity index (χ1n) is 6.04. The van der Waals surface area contributed by atoms with Gasteiger partial charge in [0.05, 0.1) is 0 Å². The molecule has 3 nitrogen and oxygen atoms in total. The molecule has 0 aliphatic rings. The lowest BCUT2D eigenvalue weighted by Crippen LogP contribution is -2.41. The van der Waals surface area contributed by atoms with Crippen LogP contribution in [0.2, 0.25) is 18.1 Å². The predicted molar refractivity (Wildman–Crippen MR) is 72.3 cm³/mol. The second-order valence-corrected chi connectivity index (χ2v) is 10.7. The molecular formula is C13H23NO2Si. The maximum absolute atomic E-state index is 10.9. The molecule has 1 aromatic heterocycles. The quantitative estimate of drug-likeness (QED) is 0.470. The molecule has 0 bridgehead atoms. The molecule has 0 radical (unpaired) electrons. The van der Waals surface area contributed by atoms with Crippen molar-refractivity contribution >= 4 is 8.32 Å². The van der Waals surface area contributed by atoms with Gasteiger partial charge in [0.1, 0.15) is 0 Å². The third-order valence-electron chi connectivity index (χ3n) is 3.53. The van der Waals surface area contributed by atoms with Gasteiger partial charge in [-0.05, 0) is 30.1 Å². The van der Waals surface area contributed by atoms with Gasteiger partial charge in [-0.3, -0.25) is 0 Å². The predicted octanol–water partition coefficient (Wildman–Crippen LogP) is 2.88. The number of aromatic nitrogens is 1. The Kier molecular flexibility index (Phi) is 4.33. The van der Waals surface area contributed by atoms with Crippen molar-refractivity contribution in [1.82, 2.24) is 0 Å². The lowest BCUT2D eigenvalue weighted by molar-refractivity contribution is -0.605. The molecule has 0 amide bonds. The van der Waals surface area contributed by atoms with Gasteiger partial charge in [-0.1, -0.05) is 20.8 Å². The maximum Gasteiger partial charge on any atom is 0.191 e. The van der Waals surface area contributed by atoms with Gasteiger partial charge < -0.3 is 9.63 Å². The Morgan fingerprint density at radius 1 is 1.24 bits per heavy atom. The largest absolute Gasteiger partial charge is 0.619 e. The third kappa shape index (κ3) is 4.13. The summed E-state index contributed by atoms with van der Waals surface area (Å²) in [6, 6.07) is 3.70. The zero-order valence-corrected chi connectivity index (χ0v) is 12.5. The van der Waals surface area contributed by atoms with Crippen molar-refractivity contribution < 1.29 is 9.16 Å². The Morgan fingerprint density at radius 3 is 2.24 bits per heavy atom. The molecule has 0 saturated heterocycles. The first kappa shape index (κ1) is 14.2. The fourth-order valence-electron chi connectivity index (χ4n) is 1.25. The van der Waals surface area contributed by atoms with Crippen LogP contribution in [0.15, 0.2) is 24.5 Å². The lowest BCUT2D eigenvalue weighted by Gasteiger charge is -2.36. The molecule has 0 unspecified atom stereocenters. The highest BCUT2D eigenvalue weighted by Crippen LogP contribution is 2.36. The van der Waals surface area contributed by atoms with Gasteiger partial charge in [-0.15, -0.1) is 0 Å². The van der Waals surface area contributed by atoms with E-state index in [1.54, 1.807) is 0 Å². The van der Waals surface area contributed by atoms with Crippen LogP contribution in [0.3, 0.4) is 0 Å². The summed E-state index contributed by atoms with van der Waals surface area (Å²) in [6.07, 6.45) is 3.93. The van der Waals surface area contributed by atoms with E-state index in [1.165, 1.54) is 12.4 Å². The van der Waals surface area contributed by atoms with Crippen LogP contribution >= 0.6 is 0 Å². The van der Waals surface area contributed by atoms with E-state index in [0.717, 1.165) is 23.3 Å². The Balaban J connectivity index is 2.45. The smallest absolute Gasteiger partial charge is 0.191 e. The van der Waals surface area contributed by atoms with Gasteiger partial charge in [0, 0.05) is 18.7 Å². The van der Waals surface area contributed by atoms with E-state index in [0.29, 0.717) is 0 Å². The second kappa shape index (κ2) is 5.19. The standard InChI is InChI=1S/C13H23NO2Si/c1-13(2,3)17(4,5)16-11-8-12-6-9-14(15)10-7-12/h6-7,9-10H,8,11H2,1-5H3. The lowest BCUT2D eigenvalue weighted by atomic mass is 10.2. The van der Waals surface area contributed by atoms with Crippen LogP contribution in [0.4, 0.5) is 0 Å². The zero-order valence-electron chi connectivity index (χ0n) is 11.5. The molecule has 0 aromatic carbocycles. The minimum atomic E-state index is -1.64. The van der Waals surface area contributed by atoms with Gasteiger partial charge in [0.2, 0.25) is 0 Å². The highest BCUT2D eigenvalue weighted by atomic mass is 28.4. The van der Waals surface area contributed by atoms with E-state index in [9.17, 15) is 5.21 Å². The van der Waals surface area contributed by atoms with Crippen LogP contribution < -0.4 is 4.73 Å². The van der Waals surface area contributed by atoms with Gasteiger partial charge >= 0.3 is 0 Å². The molecule has 96 valence electrons. The van der Waals surface area contributed by atoms with E-state index in [1.807, 2.05) is 12.1 Å². The molecule has 0 aliphatic carbocycles. The average Bonchev–Trinajstić information content (AvgIpc) is 2.19. The number of pyridine rings is 1. The zero-order chi connectivity index (χ0) is 13.1. The summed E-state index contributed by atoms with van der Waals surface area (Å²) in [5, 5.41) is 11.1. The van der Waals surface area contributed by atoms with E-state index in [4.69, 9.17) is 4.43 Å². The molecular weight excluding hydrogens is 230 g/mol. The second-order valence-electron chi connectivity index (χ2n) is 5.93. The molecule has 0 spiro atoms. The molecule has 0 fully saturated rings. The normalized spacial score (nSPS) is 12.8. The Morgan fingerprint density at radius 2 is 1.76 bits per heavy atom. The number of hydrogen-bond acceptors (Lipinski definition) is 2. The first-order valence-corrected chi connectivity index (χ1v) is 8.95. The van der Waals surface area contributed by atoms with E-state index in [-0.39, 0.29) is 5.04 Å². The number of nitrogens with zero attached hydrogens (tertiary/aromatic N) is 1. The third-order valence-corrected chi connectivity index (χ3v) is 8.07. The molecule has 0 atom stereocenters. The molecule has 4 heteroatoms. The van der Waals surface area contributed by atoms with Crippen LogP contribution in [0.1, 0.15) is 26.3 Å². The Labute approximate surface area is 105 Å². The van der Waals surface area contributed by atoms with E-state index >= 15 is 0 Å². The summed E-state index contributed by atoms with van der Waals surface area (Å²) >= 11 is 0. The van der Waals surface area contributed by atoms with E-state index in [2.05, 4.69) is 33.9 Å². The van der Waals surface area contributed by atoms with Gasteiger partial charge in [0.25, 0.3) is 0 Å². The Hall–Kier alpha value is -0.873. The molecule has 17 heavy (non-hydrogen) atoms. The highest BCUT2D eigenvalue weighted by Gasteiger charge is 2.36. The molecule has 1 aromatic rings. The monoisotopic (exact) mass is 253 g/mol. The fraction of sp³-hybridized carbons (Fsp3) is 0.615. The topological polar surface area (TPSA) is 36.2 Å². The molecule has 1 rings (SSSR count). The van der Waals surface area contributed by atoms with Crippen molar-refractivity contribution in [3.63, 3.8) is 0 Å². The number of rotatable bonds is 4.